The second kappa shape index (κ2) is 14.5. The Hall–Kier alpha value is -8.46. The zero-order chi connectivity index (χ0) is 45.1. The van der Waals surface area contributed by atoms with Gasteiger partial charge >= 0.3 is 0 Å². The highest BCUT2D eigenvalue weighted by Gasteiger charge is 2.47. The second-order valence-corrected chi connectivity index (χ2v) is 19.2. The maximum Gasteiger partial charge on any atom is 0.0720 e. The van der Waals surface area contributed by atoms with E-state index in [1.807, 2.05) is 0 Å². The topological polar surface area (TPSA) is 8.17 Å². The van der Waals surface area contributed by atoms with Crippen molar-refractivity contribution in [2.24, 2.45) is 0 Å². The molecule has 0 amide bonds. The summed E-state index contributed by atoms with van der Waals surface area (Å²) in [4.78, 5) is 2.49. The maximum absolute atomic E-state index is 2.49. The van der Waals surface area contributed by atoms with Crippen LogP contribution in [-0.2, 0) is 10.8 Å². The average Bonchev–Trinajstić information content (AvgIpc) is 3.98. The van der Waals surface area contributed by atoms with Crippen LogP contribution in [0.3, 0.4) is 0 Å². The molecule has 0 fully saturated rings. The van der Waals surface area contributed by atoms with Gasteiger partial charge in [0.2, 0.25) is 0 Å². The number of hydrogen-bond acceptors (Lipinski definition) is 1. The van der Waals surface area contributed by atoms with E-state index in [0.717, 1.165) is 22.7 Å². The Balaban J connectivity index is 1.09. The van der Waals surface area contributed by atoms with Crippen LogP contribution in [0.5, 0.6) is 0 Å². The van der Waals surface area contributed by atoms with Crippen molar-refractivity contribution < 1.29 is 0 Å². The Morgan fingerprint density at radius 1 is 0.338 bits per heavy atom. The number of nitrogens with zero attached hydrogens (tertiary/aromatic N) is 2. The maximum atomic E-state index is 2.49. The van der Waals surface area contributed by atoms with Crippen molar-refractivity contribution in [3.8, 4) is 27.9 Å². The number of benzene rings is 11. The molecule has 12 aromatic rings. The van der Waals surface area contributed by atoms with Gasteiger partial charge in [-0.1, -0.05) is 196 Å². The van der Waals surface area contributed by atoms with Gasteiger partial charge in [0, 0.05) is 38.9 Å². The zero-order valence-electron chi connectivity index (χ0n) is 38.0. The van der Waals surface area contributed by atoms with Crippen molar-refractivity contribution in [3.05, 3.63) is 276 Å². The summed E-state index contributed by atoms with van der Waals surface area (Å²) in [5, 5.41) is 7.44. The van der Waals surface area contributed by atoms with E-state index in [-0.39, 0.29) is 5.41 Å². The molecule has 2 aliphatic rings. The third kappa shape index (κ3) is 5.34. The molecule has 0 atom stereocenters. The molecule has 2 nitrogen and oxygen atoms in total. The Morgan fingerprint density at radius 2 is 0.882 bits per heavy atom. The van der Waals surface area contributed by atoms with E-state index in [0.29, 0.717) is 0 Å². The highest BCUT2D eigenvalue weighted by Crippen LogP contribution is 2.58. The van der Waals surface area contributed by atoms with E-state index < -0.39 is 5.41 Å². The van der Waals surface area contributed by atoms with E-state index >= 15 is 0 Å². The van der Waals surface area contributed by atoms with Crippen molar-refractivity contribution >= 4 is 60.4 Å². The summed E-state index contributed by atoms with van der Waals surface area (Å²) in [5.41, 5.74) is 19.2. The van der Waals surface area contributed by atoms with Crippen LogP contribution < -0.4 is 4.90 Å². The third-order valence-corrected chi connectivity index (χ3v) is 15.4. The lowest BCUT2D eigenvalue weighted by Crippen LogP contribution is -2.28. The van der Waals surface area contributed by atoms with Crippen molar-refractivity contribution in [3.63, 3.8) is 0 Å². The Kier molecular flexibility index (Phi) is 8.28. The summed E-state index contributed by atoms with van der Waals surface area (Å²) in [7, 11) is 0. The van der Waals surface area contributed by atoms with Gasteiger partial charge in [-0.3, -0.25) is 0 Å². The van der Waals surface area contributed by atoms with Crippen LogP contribution in [0.4, 0.5) is 17.1 Å². The number of aromatic nitrogens is 1. The minimum absolute atomic E-state index is 0.0972. The predicted molar refractivity (Wildman–Crippen MR) is 285 cm³/mol. The number of rotatable bonds is 6. The van der Waals surface area contributed by atoms with Crippen LogP contribution in [0, 0.1) is 0 Å². The van der Waals surface area contributed by atoms with E-state index in [4.69, 9.17) is 0 Å². The van der Waals surface area contributed by atoms with Crippen LogP contribution in [0.25, 0.3) is 71.3 Å². The molecule has 0 bridgehead atoms. The van der Waals surface area contributed by atoms with Crippen LogP contribution in [0.1, 0.15) is 47.2 Å². The number of fused-ring (bicyclic) bond motifs is 12. The first-order valence-electron chi connectivity index (χ1n) is 23.8. The molecule has 2 aliphatic carbocycles. The molecule has 14 rings (SSSR count). The lowest BCUT2D eigenvalue weighted by molar-refractivity contribution is 0.660. The van der Waals surface area contributed by atoms with Crippen molar-refractivity contribution in [1.29, 1.82) is 0 Å². The van der Waals surface area contributed by atoms with Crippen molar-refractivity contribution in [1.82, 2.24) is 4.57 Å². The Morgan fingerprint density at radius 3 is 1.65 bits per heavy atom. The molecular formula is C66H46N2. The SMILES string of the molecule is CC1(C)c2ccccc2-c2cc(N(c3ccc4c(ccc5ccccc54)c3)c3ccc4c(c3)c3c(C5(c6ccccc6)c6ccccc6-c6ccccc65)cccc3n4-c3ccccc3)ccc21. The van der Waals surface area contributed by atoms with Gasteiger partial charge in [-0.25, -0.2) is 0 Å². The van der Waals surface area contributed by atoms with Gasteiger partial charge in [0.25, 0.3) is 0 Å². The molecule has 68 heavy (non-hydrogen) atoms. The lowest BCUT2D eigenvalue weighted by atomic mass is 9.66. The fourth-order valence-electron chi connectivity index (χ4n) is 12.5. The fourth-order valence-corrected chi connectivity index (χ4v) is 12.5. The van der Waals surface area contributed by atoms with Crippen LogP contribution in [-0.4, -0.2) is 4.57 Å². The van der Waals surface area contributed by atoms with Gasteiger partial charge in [0.1, 0.15) is 0 Å². The molecule has 2 heteroatoms. The quantitative estimate of drug-likeness (QED) is 0.151. The summed E-state index contributed by atoms with van der Waals surface area (Å²) >= 11 is 0. The summed E-state index contributed by atoms with van der Waals surface area (Å²) < 4.78 is 2.48. The molecule has 0 spiro atoms. The molecule has 1 heterocycles. The van der Waals surface area contributed by atoms with Gasteiger partial charge in [-0.05, 0) is 138 Å². The summed E-state index contributed by atoms with van der Waals surface area (Å²) in [6.45, 7) is 4.72. The van der Waals surface area contributed by atoms with Gasteiger partial charge in [-0.2, -0.15) is 0 Å². The second-order valence-electron chi connectivity index (χ2n) is 19.2. The predicted octanol–water partition coefficient (Wildman–Crippen LogP) is 17.2. The molecule has 0 unspecified atom stereocenters. The van der Waals surface area contributed by atoms with Crippen LogP contribution >= 0.6 is 0 Å². The van der Waals surface area contributed by atoms with Gasteiger partial charge in [0.15, 0.2) is 0 Å². The highest BCUT2D eigenvalue weighted by atomic mass is 15.1. The van der Waals surface area contributed by atoms with E-state index in [1.165, 1.54) is 99.0 Å². The number of anilines is 3. The first-order chi connectivity index (χ1) is 33.5. The molecule has 0 aliphatic heterocycles. The largest absolute Gasteiger partial charge is 0.310 e. The van der Waals surface area contributed by atoms with Crippen molar-refractivity contribution in [2.45, 2.75) is 24.7 Å². The molecule has 0 saturated heterocycles. The molecule has 0 saturated carbocycles. The molecular weight excluding hydrogens is 821 g/mol. The zero-order valence-corrected chi connectivity index (χ0v) is 38.0. The van der Waals surface area contributed by atoms with Crippen molar-refractivity contribution in [2.75, 3.05) is 4.90 Å². The summed E-state index contributed by atoms with van der Waals surface area (Å²) in [6.07, 6.45) is 0. The normalized spacial score (nSPS) is 14.0. The van der Waals surface area contributed by atoms with E-state index in [2.05, 4.69) is 266 Å². The van der Waals surface area contributed by atoms with E-state index in [1.54, 1.807) is 0 Å². The molecule has 320 valence electrons. The van der Waals surface area contributed by atoms with Gasteiger partial charge in [0.05, 0.1) is 16.4 Å². The molecule has 1 aromatic heterocycles. The lowest BCUT2D eigenvalue weighted by Gasteiger charge is -2.34. The third-order valence-electron chi connectivity index (χ3n) is 15.4. The molecule has 0 radical (unpaired) electrons. The first kappa shape index (κ1) is 38.8. The Bertz CT molecular complexity index is 3960. The first-order valence-corrected chi connectivity index (χ1v) is 23.8. The van der Waals surface area contributed by atoms with Gasteiger partial charge in [-0.15, -0.1) is 0 Å². The number of para-hydroxylation sites is 1. The summed E-state index contributed by atoms with van der Waals surface area (Å²) in [6, 6.07) is 90.8. The average molecular weight is 867 g/mol. The Labute approximate surface area is 396 Å². The van der Waals surface area contributed by atoms with Crippen LogP contribution in [0.2, 0.25) is 0 Å². The fraction of sp³-hybridized carbons (Fsp3) is 0.0606. The van der Waals surface area contributed by atoms with Gasteiger partial charge < -0.3 is 9.47 Å². The minimum atomic E-state index is -0.583. The minimum Gasteiger partial charge on any atom is -0.310 e. The smallest absolute Gasteiger partial charge is 0.0720 e. The number of hydrogen-bond donors (Lipinski definition) is 0. The highest BCUT2D eigenvalue weighted by molar-refractivity contribution is 6.14. The summed E-state index contributed by atoms with van der Waals surface area (Å²) in [5.74, 6) is 0. The van der Waals surface area contributed by atoms with E-state index in [9.17, 15) is 0 Å². The molecule has 0 N–H and O–H groups in total. The molecule has 11 aromatic carbocycles. The standard InChI is InChI=1S/C66H46N2/c1-65(2)57-27-14-11-26-54(57)55-41-48(35-38-58(55)65)67(47-34-37-51-44(40-47)33-32-43-18-9-10-23-50(43)51)49-36-39-62-56(42-49)64-61(30-17-31-63(64)68(62)46-21-7-4-8-22-46)66(45-19-5-3-6-20-45)59-28-15-12-24-52(59)53-25-13-16-29-60(53)66/h3-42H,1-2H3. The monoisotopic (exact) mass is 866 g/mol. The van der Waals surface area contributed by atoms with Crippen LogP contribution in [0.15, 0.2) is 243 Å².